The van der Waals surface area contributed by atoms with Crippen LogP contribution in [0.3, 0.4) is 0 Å². The standard InChI is InChI=1S/C22H27NO2/c1-6-18(16-9-7-15(2)8-10-16)21-22(3,4)19-13-17(25-5)11-12-20(19)23(21)14-24/h7-14,18,21H,6H2,1-5H3. The van der Waals surface area contributed by atoms with E-state index in [-0.39, 0.29) is 17.4 Å². The second-order valence-corrected chi connectivity index (χ2v) is 7.49. The Morgan fingerprint density at radius 2 is 1.88 bits per heavy atom. The first kappa shape index (κ1) is 17.5. The maximum Gasteiger partial charge on any atom is 0.214 e. The fourth-order valence-corrected chi connectivity index (χ4v) is 4.31. The van der Waals surface area contributed by atoms with Crippen LogP contribution in [-0.4, -0.2) is 19.6 Å². The Morgan fingerprint density at radius 3 is 2.44 bits per heavy atom. The molecule has 2 unspecified atom stereocenters. The molecular formula is C22H27NO2. The SMILES string of the molecule is CCC(c1ccc(C)cc1)C1N(C=O)c2ccc(OC)cc2C1(C)C. The maximum atomic E-state index is 12.0. The summed E-state index contributed by atoms with van der Waals surface area (Å²) in [6, 6.07) is 14.8. The number of fused-ring (bicyclic) bond motifs is 1. The number of rotatable bonds is 5. The summed E-state index contributed by atoms with van der Waals surface area (Å²) in [6.45, 7) is 8.77. The maximum absolute atomic E-state index is 12.0. The lowest BCUT2D eigenvalue weighted by Crippen LogP contribution is -2.45. The summed E-state index contributed by atoms with van der Waals surface area (Å²) in [7, 11) is 1.68. The number of hydrogen-bond donors (Lipinski definition) is 0. The van der Waals surface area contributed by atoms with Crippen molar-refractivity contribution in [1.82, 2.24) is 0 Å². The smallest absolute Gasteiger partial charge is 0.214 e. The Labute approximate surface area is 150 Å². The Hall–Kier alpha value is -2.29. The Morgan fingerprint density at radius 1 is 1.20 bits per heavy atom. The molecule has 2 aromatic rings. The average Bonchev–Trinajstić information content (AvgIpc) is 2.84. The van der Waals surface area contributed by atoms with E-state index in [2.05, 4.69) is 58.0 Å². The number of carbonyl (C=O) groups excluding carboxylic acids is 1. The van der Waals surface area contributed by atoms with Gasteiger partial charge in [0.2, 0.25) is 6.41 Å². The van der Waals surface area contributed by atoms with E-state index in [9.17, 15) is 4.79 Å². The summed E-state index contributed by atoms with van der Waals surface area (Å²) in [4.78, 5) is 13.9. The number of amides is 1. The van der Waals surface area contributed by atoms with E-state index in [4.69, 9.17) is 4.74 Å². The van der Waals surface area contributed by atoms with Gasteiger partial charge in [0.15, 0.2) is 0 Å². The normalized spacial score (nSPS) is 19.4. The largest absolute Gasteiger partial charge is 0.497 e. The van der Waals surface area contributed by atoms with Crippen LogP contribution in [0.15, 0.2) is 42.5 Å². The topological polar surface area (TPSA) is 29.5 Å². The highest BCUT2D eigenvalue weighted by Gasteiger charge is 2.48. The van der Waals surface area contributed by atoms with Crippen LogP contribution in [0.5, 0.6) is 5.75 Å². The summed E-state index contributed by atoms with van der Waals surface area (Å²) in [5.41, 5.74) is 4.56. The van der Waals surface area contributed by atoms with Crippen molar-refractivity contribution in [3.05, 3.63) is 59.2 Å². The predicted octanol–water partition coefficient (Wildman–Crippen LogP) is 4.82. The molecule has 1 amide bonds. The van der Waals surface area contributed by atoms with E-state index in [1.807, 2.05) is 17.0 Å². The van der Waals surface area contributed by atoms with Crippen molar-refractivity contribution < 1.29 is 9.53 Å². The van der Waals surface area contributed by atoms with Gasteiger partial charge in [0, 0.05) is 17.0 Å². The van der Waals surface area contributed by atoms with Gasteiger partial charge in [0.25, 0.3) is 0 Å². The van der Waals surface area contributed by atoms with Crippen molar-refractivity contribution >= 4 is 12.1 Å². The van der Waals surface area contributed by atoms with E-state index in [1.165, 1.54) is 16.7 Å². The molecule has 3 nitrogen and oxygen atoms in total. The van der Waals surface area contributed by atoms with Crippen LogP contribution in [0.4, 0.5) is 5.69 Å². The minimum atomic E-state index is -0.156. The zero-order chi connectivity index (χ0) is 18.2. The van der Waals surface area contributed by atoms with Gasteiger partial charge in [-0.2, -0.15) is 0 Å². The van der Waals surface area contributed by atoms with Gasteiger partial charge in [-0.15, -0.1) is 0 Å². The third-order valence-electron chi connectivity index (χ3n) is 5.66. The van der Waals surface area contributed by atoms with Crippen LogP contribution >= 0.6 is 0 Å². The van der Waals surface area contributed by atoms with E-state index in [0.29, 0.717) is 0 Å². The molecule has 1 heterocycles. The Bertz CT molecular complexity index is 764. The number of carbonyl (C=O) groups is 1. The van der Waals surface area contributed by atoms with E-state index in [0.717, 1.165) is 24.3 Å². The number of ether oxygens (including phenoxy) is 1. The molecule has 0 aromatic heterocycles. The second kappa shape index (κ2) is 6.55. The van der Waals surface area contributed by atoms with Gasteiger partial charge < -0.3 is 9.64 Å². The highest BCUT2D eigenvalue weighted by molar-refractivity contribution is 5.83. The number of anilines is 1. The van der Waals surface area contributed by atoms with Crippen molar-refractivity contribution in [1.29, 1.82) is 0 Å². The molecule has 2 aromatic carbocycles. The number of aryl methyl sites for hydroxylation is 1. The summed E-state index contributed by atoms with van der Waals surface area (Å²) < 4.78 is 5.41. The quantitative estimate of drug-likeness (QED) is 0.732. The Balaban J connectivity index is 2.10. The number of methoxy groups -OCH3 is 1. The highest BCUT2D eigenvalue weighted by atomic mass is 16.5. The lowest BCUT2D eigenvalue weighted by molar-refractivity contribution is -0.108. The van der Waals surface area contributed by atoms with Gasteiger partial charge in [0.1, 0.15) is 5.75 Å². The van der Waals surface area contributed by atoms with Gasteiger partial charge in [-0.3, -0.25) is 4.79 Å². The minimum absolute atomic E-state index is 0.0832. The first-order chi connectivity index (χ1) is 11.9. The first-order valence-corrected chi connectivity index (χ1v) is 8.92. The van der Waals surface area contributed by atoms with Crippen LogP contribution in [0, 0.1) is 6.92 Å². The van der Waals surface area contributed by atoms with Crippen LogP contribution < -0.4 is 9.64 Å². The van der Waals surface area contributed by atoms with Gasteiger partial charge in [0.05, 0.1) is 13.2 Å². The molecule has 2 atom stereocenters. The molecule has 0 N–H and O–H groups in total. The summed E-state index contributed by atoms with van der Waals surface area (Å²) in [5, 5.41) is 0. The van der Waals surface area contributed by atoms with Crippen molar-refractivity contribution in [3.8, 4) is 5.75 Å². The summed E-state index contributed by atoms with van der Waals surface area (Å²) in [5.74, 6) is 1.11. The van der Waals surface area contributed by atoms with Crippen LogP contribution in [-0.2, 0) is 10.2 Å². The van der Waals surface area contributed by atoms with Crippen molar-refractivity contribution in [3.63, 3.8) is 0 Å². The zero-order valence-corrected chi connectivity index (χ0v) is 15.7. The van der Waals surface area contributed by atoms with Crippen molar-refractivity contribution in [2.75, 3.05) is 12.0 Å². The fourth-order valence-electron chi connectivity index (χ4n) is 4.31. The lowest BCUT2D eigenvalue weighted by atomic mass is 9.72. The van der Waals surface area contributed by atoms with Crippen LogP contribution in [0.1, 0.15) is 49.8 Å². The fraction of sp³-hybridized carbons (Fsp3) is 0.409. The molecule has 0 fully saturated rings. The molecule has 0 bridgehead atoms. The predicted molar refractivity (Wildman–Crippen MR) is 103 cm³/mol. The molecule has 132 valence electrons. The van der Waals surface area contributed by atoms with E-state index < -0.39 is 0 Å². The molecule has 0 saturated carbocycles. The lowest BCUT2D eigenvalue weighted by Gasteiger charge is -2.37. The molecule has 0 aliphatic carbocycles. The molecule has 0 saturated heterocycles. The third kappa shape index (κ3) is 2.82. The summed E-state index contributed by atoms with van der Waals surface area (Å²) >= 11 is 0. The minimum Gasteiger partial charge on any atom is -0.497 e. The van der Waals surface area contributed by atoms with Gasteiger partial charge in [-0.05, 0) is 42.7 Å². The van der Waals surface area contributed by atoms with Gasteiger partial charge in [-0.1, -0.05) is 50.6 Å². The molecule has 1 aliphatic heterocycles. The van der Waals surface area contributed by atoms with E-state index >= 15 is 0 Å². The number of benzene rings is 2. The van der Waals surface area contributed by atoms with E-state index in [1.54, 1.807) is 7.11 Å². The number of hydrogen-bond acceptors (Lipinski definition) is 2. The molecule has 0 spiro atoms. The zero-order valence-electron chi connectivity index (χ0n) is 15.7. The molecule has 1 aliphatic rings. The molecule has 0 radical (unpaired) electrons. The second-order valence-electron chi connectivity index (χ2n) is 7.49. The van der Waals surface area contributed by atoms with Crippen molar-refractivity contribution in [2.45, 2.75) is 51.5 Å². The monoisotopic (exact) mass is 337 g/mol. The molecule has 25 heavy (non-hydrogen) atoms. The van der Waals surface area contributed by atoms with Crippen LogP contribution in [0.2, 0.25) is 0 Å². The van der Waals surface area contributed by atoms with Gasteiger partial charge in [-0.25, -0.2) is 0 Å². The third-order valence-corrected chi connectivity index (χ3v) is 5.66. The number of nitrogens with zero attached hydrogens (tertiary/aromatic N) is 1. The average molecular weight is 337 g/mol. The molecule has 3 heteroatoms. The highest BCUT2D eigenvalue weighted by Crippen LogP contribution is 2.50. The van der Waals surface area contributed by atoms with Crippen molar-refractivity contribution in [2.24, 2.45) is 0 Å². The van der Waals surface area contributed by atoms with Crippen LogP contribution in [0.25, 0.3) is 0 Å². The first-order valence-electron chi connectivity index (χ1n) is 8.92. The molecular weight excluding hydrogens is 310 g/mol. The summed E-state index contributed by atoms with van der Waals surface area (Å²) in [6.07, 6.45) is 1.97. The Kier molecular flexibility index (Phi) is 4.59. The molecule has 3 rings (SSSR count). The van der Waals surface area contributed by atoms with Gasteiger partial charge >= 0.3 is 0 Å².